The number of hydrogen-bond donors (Lipinski definition) is 0. The summed E-state index contributed by atoms with van der Waals surface area (Å²) in [5.41, 5.74) is 10.1. The smallest absolute Gasteiger partial charge is 0.0991 e. The first-order valence-electron chi connectivity index (χ1n) is 16.3. The Labute approximate surface area is 276 Å². The van der Waals surface area contributed by atoms with Crippen LogP contribution >= 0.6 is 0 Å². The first kappa shape index (κ1) is 26.6. The number of para-hydroxylation sites is 3. The highest BCUT2D eigenvalue weighted by Gasteiger charge is 2.21. The predicted molar refractivity (Wildman–Crippen MR) is 200 cm³/mol. The van der Waals surface area contributed by atoms with E-state index in [0.717, 1.165) is 44.0 Å². The van der Waals surface area contributed by atoms with Gasteiger partial charge in [0, 0.05) is 32.6 Å². The molecule has 48 heavy (non-hydrogen) atoms. The third-order valence-electron chi connectivity index (χ3n) is 9.91. The van der Waals surface area contributed by atoms with Crippen molar-refractivity contribution in [2.75, 3.05) is 0 Å². The van der Waals surface area contributed by atoms with Crippen LogP contribution in [0.3, 0.4) is 0 Å². The molecule has 10 rings (SSSR count). The molecule has 0 unspecified atom stereocenters. The van der Waals surface area contributed by atoms with Crippen molar-refractivity contribution >= 4 is 65.2 Å². The van der Waals surface area contributed by atoms with Crippen molar-refractivity contribution < 1.29 is 0 Å². The Balaban J connectivity index is 1.33. The summed E-state index contributed by atoms with van der Waals surface area (Å²) in [5, 5.41) is 19.1. The summed E-state index contributed by atoms with van der Waals surface area (Å²) in [4.78, 5) is 0. The van der Waals surface area contributed by atoms with Crippen LogP contribution in [0, 0.1) is 11.3 Å². The maximum atomic E-state index is 9.66. The van der Waals surface area contributed by atoms with E-state index in [0.29, 0.717) is 5.56 Å². The lowest BCUT2D eigenvalue weighted by Gasteiger charge is -2.15. The molecule has 10 aromatic rings. The van der Waals surface area contributed by atoms with Crippen LogP contribution in [0.4, 0.5) is 0 Å². The Morgan fingerprint density at radius 1 is 0.396 bits per heavy atom. The quantitative estimate of drug-likeness (QED) is 0.183. The number of hydrogen-bond acceptors (Lipinski definition) is 1. The van der Waals surface area contributed by atoms with Crippen molar-refractivity contribution in [3.63, 3.8) is 0 Å². The van der Waals surface area contributed by atoms with Crippen molar-refractivity contribution in [1.82, 2.24) is 9.13 Å². The number of nitrogens with zero attached hydrogens (tertiary/aromatic N) is 3. The van der Waals surface area contributed by atoms with Gasteiger partial charge in [-0.15, -0.1) is 0 Å². The van der Waals surface area contributed by atoms with Gasteiger partial charge in [-0.05, 0) is 81.9 Å². The van der Waals surface area contributed by atoms with E-state index in [4.69, 9.17) is 0 Å². The number of rotatable bonds is 3. The third-order valence-corrected chi connectivity index (χ3v) is 9.91. The molecule has 3 nitrogen and oxygen atoms in total. The van der Waals surface area contributed by atoms with E-state index in [2.05, 4.69) is 167 Å². The molecule has 0 fully saturated rings. The van der Waals surface area contributed by atoms with Crippen LogP contribution in [0.1, 0.15) is 5.56 Å². The van der Waals surface area contributed by atoms with Crippen molar-refractivity contribution in [1.29, 1.82) is 5.26 Å². The summed E-state index contributed by atoms with van der Waals surface area (Å²) in [6, 6.07) is 60.8. The summed E-state index contributed by atoms with van der Waals surface area (Å²) >= 11 is 0. The molecule has 0 bridgehead atoms. The van der Waals surface area contributed by atoms with E-state index in [1.54, 1.807) is 0 Å². The molecule has 222 valence electrons. The number of nitriles is 1. The summed E-state index contributed by atoms with van der Waals surface area (Å²) in [6.07, 6.45) is 0. The van der Waals surface area contributed by atoms with Gasteiger partial charge in [0.05, 0.1) is 39.4 Å². The monoisotopic (exact) mass is 609 g/mol. The Hall–Kier alpha value is -6.63. The van der Waals surface area contributed by atoms with Crippen LogP contribution in [0.15, 0.2) is 164 Å². The summed E-state index contributed by atoms with van der Waals surface area (Å²) in [5.74, 6) is 0. The van der Waals surface area contributed by atoms with Gasteiger partial charge in [-0.2, -0.15) is 5.26 Å². The molecule has 0 N–H and O–H groups in total. The molecule has 8 aromatic carbocycles. The molecule has 0 aliphatic carbocycles. The number of benzene rings is 8. The van der Waals surface area contributed by atoms with Crippen LogP contribution in [-0.4, -0.2) is 9.13 Å². The van der Waals surface area contributed by atoms with Gasteiger partial charge in [-0.25, -0.2) is 0 Å². The van der Waals surface area contributed by atoms with Crippen molar-refractivity contribution in [3.05, 3.63) is 169 Å². The second kappa shape index (κ2) is 10.2. The van der Waals surface area contributed by atoms with Crippen molar-refractivity contribution in [3.8, 4) is 28.6 Å². The van der Waals surface area contributed by atoms with E-state index in [9.17, 15) is 5.26 Å². The average Bonchev–Trinajstić information content (AvgIpc) is 3.68. The average molecular weight is 610 g/mol. The first-order valence-corrected chi connectivity index (χ1v) is 16.3. The maximum absolute atomic E-state index is 9.66. The summed E-state index contributed by atoms with van der Waals surface area (Å²) in [6.45, 7) is 0. The molecule has 0 amide bonds. The Bertz CT molecular complexity index is 2950. The minimum Gasteiger partial charge on any atom is -0.309 e. The molecule has 0 saturated heterocycles. The molecular formula is C45H27N3. The standard InChI is InChI=1S/C45H27N3/c46-28-29-24-25-30-27-43(33-15-5-4-14-32(33)38(30)26-29)48-40-21-9-7-17-37(40)45-35(19-11-23-42(45)48)34-18-10-22-41-44(34)36-16-6-8-20-39(36)47(41)31-12-2-1-3-13-31/h1-27H. The van der Waals surface area contributed by atoms with Crippen LogP contribution in [0.2, 0.25) is 0 Å². The molecule has 2 aromatic heterocycles. The van der Waals surface area contributed by atoms with Crippen LogP contribution < -0.4 is 0 Å². The third kappa shape index (κ3) is 3.69. The molecule has 0 aliphatic rings. The maximum Gasteiger partial charge on any atom is 0.0991 e. The molecule has 0 radical (unpaired) electrons. The topological polar surface area (TPSA) is 33.6 Å². The highest BCUT2D eigenvalue weighted by molar-refractivity contribution is 6.23. The second-order valence-corrected chi connectivity index (χ2v) is 12.4. The highest BCUT2D eigenvalue weighted by Crippen LogP contribution is 2.45. The lowest BCUT2D eigenvalue weighted by atomic mass is 9.95. The zero-order chi connectivity index (χ0) is 31.8. The molecule has 0 aliphatic heterocycles. The fraction of sp³-hybridized carbons (Fsp3) is 0. The predicted octanol–water partition coefficient (Wildman–Crippen LogP) is 11.7. The van der Waals surface area contributed by atoms with Gasteiger partial charge in [-0.3, -0.25) is 0 Å². The van der Waals surface area contributed by atoms with E-state index in [-0.39, 0.29) is 0 Å². The normalized spacial score (nSPS) is 11.7. The van der Waals surface area contributed by atoms with Crippen LogP contribution in [0.25, 0.3) is 87.7 Å². The Morgan fingerprint density at radius 3 is 1.60 bits per heavy atom. The van der Waals surface area contributed by atoms with Gasteiger partial charge in [0.1, 0.15) is 0 Å². The van der Waals surface area contributed by atoms with Gasteiger partial charge < -0.3 is 9.13 Å². The Morgan fingerprint density at radius 2 is 0.938 bits per heavy atom. The van der Waals surface area contributed by atoms with Gasteiger partial charge in [0.25, 0.3) is 0 Å². The largest absolute Gasteiger partial charge is 0.309 e. The van der Waals surface area contributed by atoms with E-state index < -0.39 is 0 Å². The lowest BCUT2D eigenvalue weighted by molar-refractivity contribution is 1.18. The zero-order valence-electron chi connectivity index (χ0n) is 25.9. The number of aromatic nitrogens is 2. The fourth-order valence-electron chi connectivity index (χ4n) is 7.94. The van der Waals surface area contributed by atoms with Gasteiger partial charge in [0.15, 0.2) is 0 Å². The zero-order valence-corrected chi connectivity index (χ0v) is 25.9. The molecule has 0 atom stereocenters. The fourth-order valence-corrected chi connectivity index (χ4v) is 7.94. The van der Waals surface area contributed by atoms with E-state index in [1.807, 2.05) is 12.1 Å². The summed E-state index contributed by atoms with van der Waals surface area (Å²) < 4.78 is 4.82. The molecule has 0 saturated carbocycles. The first-order chi connectivity index (χ1) is 23.8. The van der Waals surface area contributed by atoms with Crippen molar-refractivity contribution in [2.24, 2.45) is 0 Å². The SMILES string of the molecule is N#Cc1ccc2cc(-n3c4ccccc4c4c(-c5cccc6c5c5ccccc5n6-c5ccccc5)cccc43)c3ccccc3c2c1. The van der Waals surface area contributed by atoms with Gasteiger partial charge in [-0.1, -0.05) is 109 Å². The minimum absolute atomic E-state index is 0.671. The second-order valence-electron chi connectivity index (χ2n) is 12.4. The van der Waals surface area contributed by atoms with Crippen molar-refractivity contribution in [2.45, 2.75) is 0 Å². The molecular weight excluding hydrogens is 583 g/mol. The van der Waals surface area contributed by atoms with Gasteiger partial charge >= 0.3 is 0 Å². The van der Waals surface area contributed by atoms with Gasteiger partial charge in [0.2, 0.25) is 0 Å². The molecule has 2 heterocycles. The van der Waals surface area contributed by atoms with Crippen LogP contribution in [0.5, 0.6) is 0 Å². The summed E-state index contributed by atoms with van der Waals surface area (Å²) in [7, 11) is 0. The lowest BCUT2D eigenvalue weighted by Crippen LogP contribution is -1.96. The van der Waals surface area contributed by atoms with E-state index in [1.165, 1.54) is 43.7 Å². The highest BCUT2D eigenvalue weighted by atomic mass is 15.0. The molecule has 3 heteroatoms. The minimum atomic E-state index is 0.671. The Kier molecular flexibility index (Phi) is 5.64. The van der Waals surface area contributed by atoms with E-state index >= 15 is 0 Å². The molecule has 0 spiro atoms. The number of fused-ring (bicyclic) bond motifs is 9. The van der Waals surface area contributed by atoms with Crippen LogP contribution in [-0.2, 0) is 0 Å².